The van der Waals surface area contributed by atoms with Gasteiger partial charge in [-0.25, -0.2) is 18.9 Å². The van der Waals surface area contributed by atoms with Crippen LogP contribution in [0.15, 0.2) is 54.9 Å². The Labute approximate surface area is 242 Å². The normalized spacial score (nSPS) is 19.5. The summed E-state index contributed by atoms with van der Waals surface area (Å²) in [5.74, 6) is 0.884. The standard InChI is InChI=1S/C30H33Cl2N5OS/c1-19-24(22-10-7-11-23(31)25(22)32)27-33-14-17-37(27)28(34-19)36-15-12-30(13-16-36)18-20-8-5-6-9-21(20)26(30)35-39(38)29(2,3)4/h5-11,14,17,26,35H,12-13,15-16,18H2,1-4H3/t26-,39-/m1/s1. The molecule has 6 rings (SSSR count). The van der Waals surface area contributed by atoms with Crippen LogP contribution in [0.3, 0.4) is 0 Å². The van der Waals surface area contributed by atoms with Crippen LogP contribution in [0, 0.1) is 12.3 Å². The number of halogens is 2. The van der Waals surface area contributed by atoms with Gasteiger partial charge in [-0.2, -0.15) is 0 Å². The number of hydrogen-bond acceptors (Lipinski definition) is 4. The smallest absolute Gasteiger partial charge is 0.211 e. The summed E-state index contributed by atoms with van der Waals surface area (Å²) in [6.45, 7) is 9.78. The highest BCUT2D eigenvalue weighted by Gasteiger charge is 2.49. The van der Waals surface area contributed by atoms with Crippen LogP contribution in [0.4, 0.5) is 5.95 Å². The van der Waals surface area contributed by atoms with Crippen molar-refractivity contribution in [2.24, 2.45) is 5.41 Å². The number of rotatable bonds is 4. The molecule has 1 spiro atoms. The van der Waals surface area contributed by atoms with E-state index in [0.29, 0.717) is 10.0 Å². The Hall–Kier alpha value is -2.45. The molecule has 39 heavy (non-hydrogen) atoms. The maximum Gasteiger partial charge on any atom is 0.211 e. The Bertz CT molecular complexity index is 1590. The average Bonchev–Trinajstić information content (AvgIpc) is 3.49. The third-order valence-corrected chi connectivity index (χ3v) is 10.7. The van der Waals surface area contributed by atoms with Gasteiger partial charge in [-0.3, -0.25) is 4.40 Å². The molecule has 2 atom stereocenters. The maximum absolute atomic E-state index is 13.2. The van der Waals surface area contributed by atoms with Crippen molar-refractivity contribution in [3.05, 3.63) is 81.7 Å². The molecule has 3 heterocycles. The van der Waals surface area contributed by atoms with Gasteiger partial charge in [0.25, 0.3) is 0 Å². The summed E-state index contributed by atoms with van der Waals surface area (Å²) >= 11 is 12.9. The molecule has 4 aromatic rings. The van der Waals surface area contributed by atoms with Gasteiger partial charge in [-0.05, 0) is 69.6 Å². The summed E-state index contributed by atoms with van der Waals surface area (Å²) < 4.78 is 18.5. The van der Waals surface area contributed by atoms with E-state index in [2.05, 4.69) is 38.3 Å². The first-order valence-corrected chi connectivity index (χ1v) is 15.3. The lowest BCUT2D eigenvalue weighted by Crippen LogP contribution is -2.48. The summed E-state index contributed by atoms with van der Waals surface area (Å²) in [5.41, 5.74) is 6.07. The van der Waals surface area contributed by atoms with E-state index < -0.39 is 11.0 Å². The molecule has 0 amide bonds. The summed E-state index contributed by atoms with van der Waals surface area (Å²) in [6, 6.07) is 14.3. The van der Waals surface area contributed by atoms with Crippen molar-refractivity contribution in [1.29, 1.82) is 0 Å². The Morgan fingerprint density at radius 3 is 2.56 bits per heavy atom. The molecule has 0 saturated carbocycles. The van der Waals surface area contributed by atoms with Gasteiger partial charge in [0.05, 0.1) is 37.5 Å². The highest BCUT2D eigenvalue weighted by molar-refractivity contribution is 7.84. The van der Waals surface area contributed by atoms with Gasteiger partial charge in [-0.15, -0.1) is 0 Å². The second kappa shape index (κ2) is 9.88. The second-order valence-electron chi connectivity index (χ2n) is 11.8. The fourth-order valence-corrected chi connectivity index (χ4v) is 7.52. The zero-order chi connectivity index (χ0) is 27.5. The largest absolute Gasteiger partial charge is 0.342 e. The Morgan fingerprint density at radius 1 is 1.08 bits per heavy atom. The van der Waals surface area contributed by atoms with Crippen LogP contribution in [0.25, 0.3) is 16.8 Å². The second-order valence-corrected chi connectivity index (χ2v) is 14.5. The minimum absolute atomic E-state index is 0.0123. The lowest BCUT2D eigenvalue weighted by atomic mass is 9.73. The van der Waals surface area contributed by atoms with E-state index in [1.165, 1.54) is 11.1 Å². The van der Waals surface area contributed by atoms with Gasteiger partial charge in [0, 0.05) is 36.6 Å². The van der Waals surface area contributed by atoms with Crippen molar-refractivity contribution >= 4 is 45.8 Å². The molecule has 1 aliphatic carbocycles. The molecular formula is C30H33Cl2N5OS. The van der Waals surface area contributed by atoms with Crippen molar-refractivity contribution in [3.8, 4) is 11.1 Å². The Morgan fingerprint density at radius 2 is 1.82 bits per heavy atom. The SMILES string of the molecule is Cc1nc(N2CCC3(CC2)Cc2ccccc2[C@H]3N[S@](=O)C(C)(C)C)n2ccnc2c1-c1cccc(Cl)c1Cl. The third-order valence-electron chi connectivity index (χ3n) is 8.27. The number of piperidine rings is 1. The van der Waals surface area contributed by atoms with Crippen LogP contribution < -0.4 is 9.62 Å². The molecule has 9 heteroatoms. The molecule has 2 aromatic heterocycles. The molecule has 1 aliphatic heterocycles. The number of nitrogens with one attached hydrogen (secondary N) is 1. The number of nitrogens with zero attached hydrogens (tertiary/aromatic N) is 4. The summed E-state index contributed by atoms with van der Waals surface area (Å²) in [7, 11) is -1.16. The van der Waals surface area contributed by atoms with E-state index in [-0.39, 0.29) is 16.2 Å². The highest BCUT2D eigenvalue weighted by Crippen LogP contribution is 2.52. The molecule has 1 fully saturated rings. The summed E-state index contributed by atoms with van der Waals surface area (Å²) in [4.78, 5) is 12.1. The topological polar surface area (TPSA) is 62.5 Å². The summed E-state index contributed by atoms with van der Waals surface area (Å²) in [5, 5.41) is 1.02. The number of hydrogen-bond donors (Lipinski definition) is 1. The van der Waals surface area contributed by atoms with E-state index >= 15 is 0 Å². The van der Waals surface area contributed by atoms with Gasteiger partial charge < -0.3 is 4.90 Å². The van der Waals surface area contributed by atoms with Crippen molar-refractivity contribution in [3.63, 3.8) is 0 Å². The minimum Gasteiger partial charge on any atom is -0.342 e. The monoisotopic (exact) mass is 581 g/mol. The van der Waals surface area contributed by atoms with Crippen molar-refractivity contribution in [2.45, 2.75) is 57.7 Å². The molecule has 1 saturated heterocycles. The van der Waals surface area contributed by atoms with E-state index in [4.69, 9.17) is 33.2 Å². The first-order chi connectivity index (χ1) is 18.6. The molecule has 6 nitrogen and oxygen atoms in total. The fraction of sp³-hybridized carbons (Fsp3) is 0.400. The van der Waals surface area contributed by atoms with E-state index in [9.17, 15) is 4.21 Å². The predicted octanol–water partition coefficient (Wildman–Crippen LogP) is 6.95. The van der Waals surface area contributed by atoms with Crippen LogP contribution in [0.2, 0.25) is 10.0 Å². The van der Waals surface area contributed by atoms with Crippen molar-refractivity contribution in [1.82, 2.24) is 19.1 Å². The van der Waals surface area contributed by atoms with Crippen molar-refractivity contribution in [2.75, 3.05) is 18.0 Å². The van der Waals surface area contributed by atoms with Gasteiger partial charge in [0.1, 0.15) is 5.65 Å². The van der Waals surface area contributed by atoms with E-state index in [1.54, 1.807) is 6.07 Å². The predicted molar refractivity (Wildman–Crippen MR) is 161 cm³/mol. The molecule has 0 bridgehead atoms. The minimum atomic E-state index is -1.16. The molecule has 2 aliphatic rings. The van der Waals surface area contributed by atoms with Gasteiger partial charge in [0.2, 0.25) is 5.95 Å². The van der Waals surface area contributed by atoms with Crippen LogP contribution in [0.5, 0.6) is 0 Å². The first-order valence-electron chi connectivity index (χ1n) is 13.4. The number of imidazole rings is 1. The highest BCUT2D eigenvalue weighted by atomic mass is 35.5. The van der Waals surface area contributed by atoms with Gasteiger partial charge in [0.15, 0.2) is 0 Å². The molecule has 204 valence electrons. The van der Waals surface area contributed by atoms with Crippen molar-refractivity contribution < 1.29 is 4.21 Å². The molecule has 2 aromatic carbocycles. The number of benzene rings is 2. The molecule has 1 N–H and O–H groups in total. The zero-order valence-corrected chi connectivity index (χ0v) is 25.0. The number of fused-ring (bicyclic) bond motifs is 2. The summed E-state index contributed by atoms with van der Waals surface area (Å²) in [6.07, 6.45) is 6.71. The lowest BCUT2D eigenvalue weighted by Gasteiger charge is -2.44. The maximum atomic E-state index is 13.2. The lowest BCUT2D eigenvalue weighted by molar-refractivity contribution is 0.177. The Kier molecular flexibility index (Phi) is 6.78. The van der Waals surface area contributed by atoms with Crippen LogP contribution in [0.1, 0.15) is 56.5 Å². The number of aromatic nitrogens is 3. The zero-order valence-electron chi connectivity index (χ0n) is 22.7. The van der Waals surface area contributed by atoms with Crippen LogP contribution in [-0.2, 0) is 17.4 Å². The number of aryl methyl sites for hydroxylation is 1. The number of anilines is 1. The molecular weight excluding hydrogens is 549 g/mol. The quantitative estimate of drug-likeness (QED) is 0.283. The Balaban J connectivity index is 1.32. The molecule has 0 unspecified atom stereocenters. The van der Waals surface area contributed by atoms with E-state index in [0.717, 1.165) is 60.8 Å². The van der Waals surface area contributed by atoms with Gasteiger partial charge >= 0.3 is 0 Å². The third kappa shape index (κ3) is 4.57. The van der Waals surface area contributed by atoms with Crippen LogP contribution in [-0.4, -0.2) is 36.4 Å². The van der Waals surface area contributed by atoms with Crippen LogP contribution >= 0.6 is 23.2 Å². The fourth-order valence-electron chi connectivity index (χ4n) is 6.18. The molecule has 0 radical (unpaired) electrons. The van der Waals surface area contributed by atoms with E-state index in [1.807, 2.05) is 52.2 Å². The average molecular weight is 583 g/mol. The van der Waals surface area contributed by atoms with Gasteiger partial charge in [-0.1, -0.05) is 59.6 Å². The first kappa shape index (κ1) is 26.8.